The molecule has 0 radical (unpaired) electrons. The number of amides is 1. The van der Waals surface area contributed by atoms with Crippen molar-refractivity contribution in [3.05, 3.63) is 54.1 Å². The highest BCUT2D eigenvalue weighted by Gasteiger charge is 2.06. The molecule has 0 aliphatic heterocycles. The van der Waals surface area contributed by atoms with E-state index in [-0.39, 0.29) is 5.91 Å². The smallest absolute Gasteiger partial charge is 0.220 e. The number of nitrogens with zero attached hydrogens (tertiary/aromatic N) is 1. The first-order valence-electron chi connectivity index (χ1n) is 8.87. The number of methoxy groups -OCH3 is 2. The normalized spacial score (nSPS) is 10.3. The van der Waals surface area contributed by atoms with Gasteiger partial charge < -0.3 is 19.7 Å². The lowest BCUT2D eigenvalue weighted by atomic mass is 10.1. The third-order valence-corrected chi connectivity index (χ3v) is 4.24. The first kappa shape index (κ1) is 19.6. The second-order valence-corrected chi connectivity index (χ2v) is 6.18. The van der Waals surface area contributed by atoms with E-state index in [0.29, 0.717) is 19.4 Å². The van der Waals surface area contributed by atoms with Crippen LogP contribution in [-0.4, -0.2) is 40.3 Å². The number of carbonyl (C=O) groups excluding carboxylic acids is 1. The fourth-order valence-electron chi connectivity index (χ4n) is 2.71. The Morgan fingerprint density at radius 3 is 2.31 bits per heavy atom. The monoisotopic (exact) mass is 356 g/mol. The van der Waals surface area contributed by atoms with Crippen molar-refractivity contribution in [2.45, 2.75) is 19.3 Å². The fraction of sp³-hybridized carbons (Fsp3) is 0.381. The predicted molar refractivity (Wildman–Crippen MR) is 105 cm³/mol. The molecule has 26 heavy (non-hydrogen) atoms. The van der Waals surface area contributed by atoms with E-state index in [4.69, 9.17) is 9.47 Å². The molecule has 2 aromatic rings. The third-order valence-electron chi connectivity index (χ3n) is 4.24. The molecule has 2 aromatic carbocycles. The summed E-state index contributed by atoms with van der Waals surface area (Å²) in [5.74, 6) is 1.54. The molecule has 0 unspecified atom stereocenters. The van der Waals surface area contributed by atoms with E-state index in [1.54, 1.807) is 14.2 Å². The van der Waals surface area contributed by atoms with E-state index < -0.39 is 0 Å². The van der Waals surface area contributed by atoms with Crippen LogP contribution in [0.4, 0.5) is 5.69 Å². The minimum absolute atomic E-state index is 0.0640. The molecule has 0 aliphatic rings. The van der Waals surface area contributed by atoms with Crippen LogP contribution in [0, 0.1) is 0 Å². The van der Waals surface area contributed by atoms with Gasteiger partial charge in [-0.2, -0.15) is 0 Å². The minimum Gasteiger partial charge on any atom is -0.497 e. The lowest BCUT2D eigenvalue weighted by Gasteiger charge is -2.19. The number of carbonyl (C=O) groups is 1. The van der Waals surface area contributed by atoms with Crippen LogP contribution in [0.25, 0.3) is 0 Å². The molecule has 5 heteroatoms. The molecule has 0 fully saturated rings. The summed E-state index contributed by atoms with van der Waals surface area (Å²) in [4.78, 5) is 14.2. The zero-order valence-corrected chi connectivity index (χ0v) is 15.8. The highest BCUT2D eigenvalue weighted by molar-refractivity contribution is 5.76. The Labute approximate surface area is 155 Å². The van der Waals surface area contributed by atoms with Gasteiger partial charge in [-0.1, -0.05) is 18.2 Å². The van der Waals surface area contributed by atoms with Gasteiger partial charge in [-0.25, -0.2) is 0 Å². The Hall–Kier alpha value is -2.69. The number of anilines is 1. The number of benzene rings is 2. The molecule has 0 bridgehead atoms. The molecule has 2 rings (SSSR count). The zero-order valence-electron chi connectivity index (χ0n) is 15.8. The van der Waals surface area contributed by atoms with Crippen LogP contribution in [0.15, 0.2) is 48.5 Å². The Kier molecular flexibility index (Phi) is 7.80. The molecule has 0 heterocycles. The van der Waals surface area contributed by atoms with Gasteiger partial charge in [0, 0.05) is 38.3 Å². The second-order valence-electron chi connectivity index (χ2n) is 6.18. The maximum absolute atomic E-state index is 12.1. The Morgan fingerprint density at radius 2 is 1.69 bits per heavy atom. The predicted octanol–water partition coefficient (Wildman–Crippen LogP) is 3.28. The molecule has 140 valence electrons. The van der Waals surface area contributed by atoms with Crippen molar-refractivity contribution in [1.29, 1.82) is 0 Å². The summed E-state index contributed by atoms with van der Waals surface area (Å²) in [5, 5.41) is 2.99. The highest BCUT2D eigenvalue weighted by Crippen LogP contribution is 2.23. The zero-order chi connectivity index (χ0) is 18.8. The maximum Gasteiger partial charge on any atom is 0.220 e. The summed E-state index contributed by atoms with van der Waals surface area (Å²) >= 11 is 0. The lowest BCUT2D eigenvalue weighted by molar-refractivity contribution is -0.121. The van der Waals surface area contributed by atoms with Crippen LogP contribution in [0.2, 0.25) is 0 Å². The molecule has 1 amide bonds. The molecular formula is C21H28N2O3. The van der Waals surface area contributed by atoms with Crippen molar-refractivity contribution in [1.82, 2.24) is 5.32 Å². The van der Waals surface area contributed by atoms with Crippen LogP contribution >= 0.6 is 0 Å². The number of para-hydroxylation sites is 1. The number of ether oxygens (including phenoxy) is 2. The summed E-state index contributed by atoms with van der Waals surface area (Å²) in [6.45, 7) is 1.58. The summed E-state index contributed by atoms with van der Waals surface area (Å²) in [7, 11) is 5.31. The van der Waals surface area contributed by atoms with Gasteiger partial charge in [0.15, 0.2) is 0 Å². The van der Waals surface area contributed by atoms with Gasteiger partial charge in [0.1, 0.15) is 11.5 Å². The Bertz CT molecular complexity index is 667. The van der Waals surface area contributed by atoms with E-state index in [1.165, 1.54) is 5.69 Å². The van der Waals surface area contributed by atoms with Crippen LogP contribution in [-0.2, 0) is 11.2 Å². The van der Waals surface area contributed by atoms with Crippen LogP contribution in [0.1, 0.15) is 18.4 Å². The van der Waals surface area contributed by atoms with Crippen molar-refractivity contribution in [3.63, 3.8) is 0 Å². The average molecular weight is 356 g/mol. The van der Waals surface area contributed by atoms with Crippen molar-refractivity contribution in [3.8, 4) is 11.5 Å². The number of hydrogen-bond donors (Lipinski definition) is 1. The van der Waals surface area contributed by atoms with Crippen LogP contribution in [0.5, 0.6) is 11.5 Å². The lowest BCUT2D eigenvalue weighted by Crippen LogP contribution is -2.28. The van der Waals surface area contributed by atoms with E-state index >= 15 is 0 Å². The van der Waals surface area contributed by atoms with Crippen molar-refractivity contribution >= 4 is 11.6 Å². The van der Waals surface area contributed by atoms with Crippen molar-refractivity contribution < 1.29 is 14.3 Å². The first-order valence-corrected chi connectivity index (χ1v) is 8.87. The van der Waals surface area contributed by atoms with Crippen molar-refractivity contribution in [2.24, 2.45) is 0 Å². The van der Waals surface area contributed by atoms with Crippen LogP contribution in [0.3, 0.4) is 0 Å². The summed E-state index contributed by atoms with van der Waals surface area (Å²) in [5.41, 5.74) is 2.21. The fourth-order valence-corrected chi connectivity index (χ4v) is 2.71. The van der Waals surface area contributed by atoms with Gasteiger partial charge in [0.25, 0.3) is 0 Å². The largest absolute Gasteiger partial charge is 0.497 e. The van der Waals surface area contributed by atoms with Gasteiger partial charge in [-0.05, 0) is 42.7 Å². The van der Waals surface area contributed by atoms with Crippen LogP contribution < -0.4 is 19.7 Å². The molecule has 1 N–H and O–H groups in total. The van der Waals surface area contributed by atoms with E-state index in [9.17, 15) is 4.79 Å². The summed E-state index contributed by atoms with van der Waals surface area (Å²) in [6, 6.07) is 15.9. The molecule has 0 aromatic heterocycles. The maximum atomic E-state index is 12.1. The first-order chi connectivity index (χ1) is 12.6. The molecule has 0 saturated heterocycles. The van der Waals surface area contributed by atoms with Gasteiger partial charge in [0.2, 0.25) is 5.91 Å². The van der Waals surface area contributed by atoms with E-state index in [1.807, 2.05) is 36.4 Å². The number of hydrogen-bond acceptors (Lipinski definition) is 4. The summed E-state index contributed by atoms with van der Waals surface area (Å²) < 4.78 is 10.5. The third kappa shape index (κ3) is 6.31. The molecule has 5 nitrogen and oxygen atoms in total. The number of nitrogens with one attached hydrogen (secondary N) is 1. The quantitative estimate of drug-likeness (QED) is 0.664. The van der Waals surface area contributed by atoms with Gasteiger partial charge in [-0.15, -0.1) is 0 Å². The standard InChI is InChI=1S/C21H28N2O3/c1-23(18-8-5-4-6-9-18)13-7-12-22-21(24)11-10-17-14-19(25-2)16-20(15-17)26-3/h4-6,8-9,14-16H,7,10-13H2,1-3H3,(H,22,24). The van der Waals surface area contributed by atoms with E-state index in [0.717, 1.165) is 30.0 Å². The minimum atomic E-state index is 0.0640. The highest BCUT2D eigenvalue weighted by atomic mass is 16.5. The van der Waals surface area contributed by atoms with Gasteiger partial charge in [-0.3, -0.25) is 4.79 Å². The summed E-state index contributed by atoms with van der Waals surface area (Å²) in [6.07, 6.45) is 2.01. The molecule has 0 aliphatic carbocycles. The van der Waals surface area contributed by atoms with Gasteiger partial charge in [0.05, 0.1) is 14.2 Å². The van der Waals surface area contributed by atoms with Gasteiger partial charge >= 0.3 is 0 Å². The Balaban J connectivity index is 1.69. The molecule has 0 atom stereocenters. The molecule has 0 saturated carbocycles. The average Bonchev–Trinajstić information content (AvgIpc) is 2.69. The van der Waals surface area contributed by atoms with E-state index in [2.05, 4.69) is 29.4 Å². The van der Waals surface area contributed by atoms with Crippen molar-refractivity contribution in [2.75, 3.05) is 39.3 Å². The molecule has 0 spiro atoms. The SMILES string of the molecule is COc1cc(CCC(=O)NCCCN(C)c2ccccc2)cc(OC)c1. The Morgan fingerprint density at radius 1 is 1.04 bits per heavy atom. The number of rotatable bonds is 10. The second kappa shape index (κ2) is 10.3. The molecular weight excluding hydrogens is 328 g/mol. The topological polar surface area (TPSA) is 50.8 Å². The number of aryl methyl sites for hydroxylation is 1.